The van der Waals surface area contributed by atoms with Crippen LogP contribution < -0.4 is 10.5 Å². The van der Waals surface area contributed by atoms with Gasteiger partial charge < -0.3 is 10.5 Å². The van der Waals surface area contributed by atoms with Crippen LogP contribution in [0.1, 0.15) is 18.9 Å². The van der Waals surface area contributed by atoms with E-state index in [-0.39, 0.29) is 0 Å². The molecule has 0 unspecified atom stereocenters. The van der Waals surface area contributed by atoms with Gasteiger partial charge in [0.05, 0.1) is 6.61 Å². The summed E-state index contributed by atoms with van der Waals surface area (Å²) in [6, 6.07) is 5.68. The highest BCUT2D eigenvalue weighted by Crippen LogP contribution is 2.22. The second-order valence-electron chi connectivity index (χ2n) is 3.00. The Kier molecular flexibility index (Phi) is 3.87. The third kappa shape index (κ3) is 2.70. The zero-order chi connectivity index (χ0) is 10.4. The van der Waals surface area contributed by atoms with Crippen molar-refractivity contribution in [2.45, 2.75) is 20.3 Å². The van der Waals surface area contributed by atoms with Crippen molar-refractivity contribution in [1.82, 2.24) is 0 Å². The molecule has 0 aliphatic rings. The minimum Gasteiger partial charge on any atom is -0.492 e. The number of benzene rings is 1. The largest absolute Gasteiger partial charge is 0.492 e. The number of nitrogen functional groups attached to an aromatic ring is 1. The van der Waals surface area contributed by atoms with Crippen LogP contribution in [0.2, 0.25) is 0 Å². The van der Waals surface area contributed by atoms with E-state index in [9.17, 15) is 0 Å². The number of anilines is 1. The van der Waals surface area contributed by atoms with Crippen LogP contribution >= 0.6 is 0 Å². The van der Waals surface area contributed by atoms with Crippen molar-refractivity contribution in [3.63, 3.8) is 0 Å². The maximum atomic E-state index is 5.74. The maximum absolute atomic E-state index is 5.74. The highest BCUT2D eigenvalue weighted by Gasteiger charge is 2.00. The van der Waals surface area contributed by atoms with Gasteiger partial charge in [-0.25, -0.2) is 0 Å². The van der Waals surface area contributed by atoms with E-state index in [1.165, 1.54) is 0 Å². The molecule has 1 aromatic carbocycles. The fraction of sp³-hybridized carbons (Fsp3) is 0.333. The minimum absolute atomic E-state index is 0.616. The van der Waals surface area contributed by atoms with E-state index in [4.69, 9.17) is 10.5 Å². The maximum Gasteiger partial charge on any atom is 0.124 e. The van der Waals surface area contributed by atoms with Crippen LogP contribution in [0.15, 0.2) is 18.2 Å². The molecule has 0 spiro atoms. The van der Waals surface area contributed by atoms with Crippen LogP contribution in [0.4, 0.5) is 5.69 Å². The van der Waals surface area contributed by atoms with Crippen LogP contribution in [-0.4, -0.2) is 6.61 Å². The molecule has 1 aromatic rings. The number of hydrogen-bond acceptors (Lipinski definition) is 2. The van der Waals surface area contributed by atoms with Crippen LogP contribution in [0.3, 0.4) is 0 Å². The Labute approximate surface area is 85.1 Å². The molecule has 0 fully saturated rings. The molecule has 0 heterocycles. The van der Waals surface area contributed by atoms with Gasteiger partial charge >= 0.3 is 0 Å². The first-order valence-corrected chi connectivity index (χ1v) is 4.63. The Balaban J connectivity index is 2.57. The zero-order valence-electron chi connectivity index (χ0n) is 8.63. The molecule has 2 N–H and O–H groups in total. The Morgan fingerprint density at radius 3 is 2.93 bits per heavy atom. The summed E-state index contributed by atoms with van der Waals surface area (Å²) in [4.78, 5) is 0. The van der Waals surface area contributed by atoms with Crippen LogP contribution in [0, 0.1) is 18.8 Å². The highest BCUT2D eigenvalue weighted by molar-refractivity contribution is 5.53. The standard InChI is InChI=1S/C12H15NO/c1-3-4-5-9-14-12-8-6-7-11(13)10(12)2/h6-8H,5,9,13H2,1-2H3. The fourth-order valence-corrected chi connectivity index (χ4v) is 1.12. The van der Waals surface area contributed by atoms with Gasteiger partial charge in [-0.05, 0) is 26.0 Å². The van der Waals surface area contributed by atoms with Gasteiger partial charge in [-0.3, -0.25) is 0 Å². The summed E-state index contributed by atoms with van der Waals surface area (Å²) in [7, 11) is 0. The van der Waals surface area contributed by atoms with E-state index in [0.29, 0.717) is 6.61 Å². The van der Waals surface area contributed by atoms with Gasteiger partial charge in [0.1, 0.15) is 5.75 Å². The SMILES string of the molecule is CC#CCCOc1cccc(N)c1C. The molecule has 0 aliphatic heterocycles. The van der Waals surface area contributed by atoms with E-state index in [1.54, 1.807) is 0 Å². The summed E-state index contributed by atoms with van der Waals surface area (Å²) in [5.41, 5.74) is 7.51. The van der Waals surface area contributed by atoms with Crippen molar-refractivity contribution in [2.24, 2.45) is 0 Å². The fourth-order valence-electron chi connectivity index (χ4n) is 1.12. The molecular weight excluding hydrogens is 174 g/mol. The van der Waals surface area contributed by atoms with E-state index in [2.05, 4.69) is 11.8 Å². The zero-order valence-corrected chi connectivity index (χ0v) is 8.63. The topological polar surface area (TPSA) is 35.2 Å². The van der Waals surface area contributed by atoms with Crippen LogP contribution in [0.25, 0.3) is 0 Å². The van der Waals surface area contributed by atoms with Gasteiger partial charge in [0.2, 0.25) is 0 Å². The molecule has 2 nitrogen and oxygen atoms in total. The average molecular weight is 189 g/mol. The van der Waals surface area contributed by atoms with Gasteiger partial charge in [0.25, 0.3) is 0 Å². The molecule has 14 heavy (non-hydrogen) atoms. The Bertz CT molecular complexity index is 360. The lowest BCUT2D eigenvalue weighted by atomic mass is 10.2. The predicted molar refractivity (Wildman–Crippen MR) is 59.2 cm³/mol. The van der Waals surface area contributed by atoms with E-state index in [0.717, 1.165) is 23.4 Å². The molecule has 74 valence electrons. The van der Waals surface area contributed by atoms with Crippen molar-refractivity contribution in [2.75, 3.05) is 12.3 Å². The molecule has 0 saturated carbocycles. The number of ether oxygens (including phenoxy) is 1. The summed E-state index contributed by atoms with van der Waals surface area (Å²) in [5.74, 6) is 6.62. The van der Waals surface area contributed by atoms with Gasteiger partial charge in [0, 0.05) is 17.7 Å². The predicted octanol–water partition coefficient (Wildman–Crippen LogP) is 2.37. The van der Waals surface area contributed by atoms with Gasteiger partial charge in [0.15, 0.2) is 0 Å². The monoisotopic (exact) mass is 189 g/mol. The average Bonchev–Trinajstić information content (AvgIpc) is 2.19. The van der Waals surface area contributed by atoms with E-state index in [1.807, 2.05) is 32.0 Å². The highest BCUT2D eigenvalue weighted by atomic mass is 16.5. The lowest BCUT2D eigenvalue weighted by Crippen LogP contribution is -1.99. The number of rotatable bonds is 3. The molecule has 0 aliphatic carbocycles. The summed E-state index contributed by atoms with van der Waals surface area (Å²) >= 11 is 0. The Morgan fingerprint density at radius 1 is 1.43 bits per heavy atom. The summed E-state index contributed by atoms with van der Waals surface area (Å²) in [6.07, 6.45) is 0.755. The first kappa shape index (κ1) is 10.5. The van der Waals surface area contributed by atoms with Crippen LogP contribution in [-0.2, 0) is 0 Å². The molecule has 0 radical (unpaired) electrons. The minimum atomic E-state index is 0.616. The summed E-state index contributed by atoms with van der Waals surface area (Å²) in [5, 5.41) is 0. The van der Waals surface area contributed by atoms with Gasteiger partial charge in [-0.15, -0.1) is 11.8 Å². The van der Waals surface area contributed by atoms with Crippen molar-refractivity contribution < 1.29 is 4.74 Å². The Morgan fingerprint density at radius 2 is 2.21 bits per heavy atom. The first-order valence-electron chi connectivity index (χ1n) is 4.63. The molecule has 0 saturated heterocycles. The van der Waals surface area contributed by atoms with Crippen molar-refractivity contribution in [3.05, 3.63) is 23.8 Å². The van der Waals surface area contributed by atoms with E-state index < -0.39 is 0 Å². The molecule has 0 bridgehead atoms. The summed E-state index contributed by atoms with van der Waals surface area (Å²) < 4.78 is 5.54. The first-order chi connectivity index (χ1) is 6.75. The number of nitrogens with two attached hydrogens (primary N) is 1. The van der Waals surface area contributed by atoms with Gasteiger partial charge in [-0.1, -0.05) is 6.07 Å². The Hall–Kier alpha value is -1.62. The molecule has 2 heteroatoms. The lowest BCUT2D eigenvalue weighted by Gasteiger charge is -2.08. The molecular formula is C12H15NO. The second kappa shape index (κ2) is 5.18. The van der Waals surface area contributed by atoms with Crippen molar-refractivity contribution in [3.8, 4) is 17.6 Å². The quantitative estimate of drug-likeness (QED) is 0.450. The third-order valence-electron chi connectivity index (χ3n) is 1.99. The van der Waals surface area contributed by atoms with Crippen molar-refractivity contribution >= 4 is 5.69 Å². The second-order valence-corrected chi connectivity index (χ2v) is 3.00. The van der Waals surface area contributed by atoms with Gasteiger partial charge in [-0.2, -0.15) is 0 Å². The van der Waals surface area contributed by atoms with Crippen molar-refractivity contribution in [1.29, 1.82) is 0 Å². The third-order valence-corrected chi connectivity index (χ3v) is 1.99. The molecule has 0 aromatic heterocycles. The number of hydrogen-bond donors (Lipinski definition) is 1. The molecule has 0 atom stereocenters. The summed E-state index contributed by atoms with van der Waals surface area (Å²) in [6.45, 7) is 4.40. The lowest BCUT2D eigenvalue weighted by molar-refractivity contribution is 0.325. The molecule has 1 rings (SSSR count). The molecule has 0 amide bonds. The van der Waals surface area contributed by atoms with E-state index >= 15 is 0 Å². The smallest absolute Gasteiger partial charge is 0.124 e. The normalized spacial score (nSPS) is 9.00. The van der Waals surface area contributed by atoms with Crippen LogP contribution in [0.5, 0.6) is 5.75 Å².